The van der Waals surface area contributed by atoms with E-state index in [9.17, 15) is 9.90 Å². The van der Waals surface area contributed by atoms with Crippen LogP contribution in [-0.4, -0.2) is 17.0 Å². The summed E-state index contributed by atoms with van der Waals surface area (Å²) in [6.07, 6.45) is 4.26. The van der Waals surface area contributed by atoms with Crippen LogP contribution in [0.4, 0.5) is 0 Å². The van der Waals surface area contributed by atoms with Crippen LogP contribution < -0.4 is 0 Å². The maximum Gasteiger partial charge on any atom is 0.161 e. The van der Waals surface area contributed by atoms with Crippen molar-refractivity contribution in [3.05, 3.63) is 11.1 Å². The highest BCUT2D eigenvalue weighted by molar-refractivity contribution is 5.97. The molecule has 0 bridgehead atoms. The molecule has 0 radical (unpaired) electrons. The monoisotopic (exact) mass is 194 g/mol. The Morgan fingerprint density at radius 1 is 1.43 bits per heavy atom. The molecular weight excluding hydrogens is 176 g/mol. The Kier molecular flexibility index (Phi) is 2.26. The number of aliphatic hydroxyl groups is 1. The molecule has 14 heavy (non-hydrogen) atoms. The molecule has 2 aliphatic carbocycles. The first kappa shape index (κ1) is 9.91. The van der Waals surface area contributed by atoms with Crippen LogP contribution in [0.5, 0.6) is 0 Å². The fourth-order valence-electron chi connectivity index (χ4n) is 2.94. The summed E-state index contributed by atoms with van der Waals surface area (Å²) in [7, 11) is 0. The molecule has 78 valence electrons. The summed E-state index contributed by atoms with van der Waals surface area (Å²) in [4.78, 5) is 11.6. The van der Waals surface area contributed by atoms with Gasteiger partial charge in [0, 0.05) is 11.8 Å². The molecule has 2 rings (SSSR count). The third-order valence-corrected chi connectivity index (χ3v) is 4.05. The molecule has 0 aliphatic heterocycles. The Morgan fingerprint density at radius 2 is 2.14 bits per heavy atom. The first-order valence-electron chi connectivity index (χ1n) is 5.47. The van der Waals surface area contributed by atoms with E-state index in [4.69, 9.17) is 0 Å². The molecule has 2 heteroatoms. The van der Waals surface area contributed by atoms with Crippen molar-refractivity contribution in [1.29, 1.82) is 0 Å². The van der Waals surface area contributed by atoms with Crippen LogP contribution in [0.1, 0.15) is 46.0 Å². The lowest BCUT2D eigenvalue weighted by atomic mass is 9.62. The van der Waals surface area contributed by atoms with Crippen molar-refractivity contribution in [2.45, 2.75) is 52.1 Å². The highest BCUT2D eigenvalue weighted by atomic mass is 16.3. The molecule has 1 N–H and O–H groups in total. The van der Waals surface area contributed by atoms with E-state index in [-0.39, 0.29) is 11.2 Å². The van der Waals surface area contributed by atoms with E-state index >= 15 is 0 Å². The molecule has 0 unspecified atom stereocenters. The molecule has 0 aromatic rings. The number of fused-ring (bicyclic) bond motifs is 1. The predicted octanol–water partition coefficient (Wildman–Crippen LogP) is 2.22. The molecule has 0 aromatic heterocycles. The molecule has 0 amide bonds. The molecule has 2 nitrogen and oxygen atoms in total. The van der Waals surface area contributed by atoms with Crippen LogP contribution in [-0.2, 0) is 4.79 Å². The second-order valence-electron chi connectivity index (χ2n) is 4.87. The maximum atomic E-state index is 11.6. The van der Waals surface area contributed by atoms with Gasteiger partial charge in [0.25, 0.3) is 0 Å². The van der Waals surface area contributed by atoms with E-state index in [1.54, 1.807) is 0 Å². The molecular formula is C12H18O2. The summed E-state index contributed by atoms with van der Waals surface area (Å²) >= 11 is 0. The second-order valence-corrected chi connectivity index (χ2v) is 4.87. The molecule has 2 aliphatic rings. The number of aliphatic hydroxyl groups excluding tert-OH is 1. The van der Waals surface area contributed by atoms with Crippen LogP contribution in [0.25, 0.3) is 0 Å². The van der Waals surface area contributed by atoms with Gasteiger partial charge in [-0.1, -0.05) is 18.9 Å². The van der Waals surface area contributed by atoms with Crippen molar-refractivity contribution in [2.75, 3.05) is 0 Å². The van der Waals surface area contributed by atoms with E-state index < -0.39 is 6.10 Å². The molecule has 0 heterocycles. The summed E-state index contributed by atoms with van der Waals surface area (Å²) in [6.45, 7) is 4.04. The van der Waals surface area contributed by atoms with Gasteiger partial charge in [-0.2, -0.15) is 0 Å². The zero-order valence-electron chi connectivity index (χ0n) is 8.97. The number of ketones is 1. The molecule has 2 atom stereocenters. The minimum atomic E-state index is -0.450. The van der Waals surface area contributed by atoms with E-state index in [1.807, 2.05) is 6.92 Å². The number of Topliss-reactive ketones (excluding diaryl/α,β-unsaturated/α-hetero) is 1. The van der Waals surface area contributed by atoms with Gasteiger partial charge in [0.15, 0.2) is 5.78 Å². The molecule has 1 fully saturated rings. The average molecular weight is 194 g/mol. The minimum absolute atomic E-state index is 0.101. The average Bonchev–Trinajstić information content (AvgIpc) is 2.15. The van der Waals surface area contributed by atoms with Gasteiger partial charge in [-0.3, -0.25) is 4.79 Å². The highest BCUT2D eigenvalue weighted by Crippen LogP contribution is 2.48. The first-order chi connectivity index (χ1) is 6.55. The number of hydrogen-bond acceptors (Lipinski definition) is 2. The third-order valence-electron chi connectivity index (χ3n) is 4.05. The lowest BCUT2D eigenvalue weighted by Gasteiger charge is -2.44. The van der Waals surface area contributed by atoms with Crippen molar-refractivity contribution in [3.63, 3.8) is 0 Å². The van der Waals surface area contributed by atoms with Crippen LogP contribution in [0.2, 0.25) is 0 Å². The van der Waals surface area contributed by atoms with Crippen LogP contribution >= 0.6 is 0 Å². The zero-order valence-corrected chi connectivity index (χ0v) is 8.97. The van der Waals surface area contributed by atoms with Crippen LogP contribution in [0, 0.1) is 5.41 Å². The number of rotatable bonds is 0. The molecule has 0 saturated heterocycles. The van der Waals surface area contributed by atoms with Gasteiger partial charge in [0.2, 0.25) is 0 Å². The number of allylic oxidation sites excluding steroid dienone is 1. The summed E-state index contributed by atoms with van der Waals surface area (Å²) in [5, 5.41) is 10.00. The van der Waals surface area contributed by atoms with Crippen molar-refractivity contribution in [2.24, 2.45) is 5.41 Å². The van der Waals surface area contributed by atoms with Gasteiger partial charge < -0.3 is 5.11 Å². The molecule has 0 aromatic carbocycles. The van der Waals surface area contributed by atoms with Crippen LogP contribution in [0.15, 0.2) is 11.1 Å². The summed E-state index contributed by atoms with van der Waals surface area (Å²) in [5.41, 5.74) is 2.06. The Bertz CT molecular complexity index is 303. The van der Waals surface area contributed by atoms with Gasteiger partial charge in [-0.15, -0.1) is 0 Å². The zero-order chi connectivity index (χ0) is 10.3. The number of carbonyl (C=O) groups is 1. The fourth-order valence-corrected chi connectivity index (χ4v) is 2.94. The van der Waals surface area contributed by atoms with Gasteiger partial charge in [-0.25, -0.2) is 0 Å². The normalized spacial score (nSPS) is 38.5. The SMILES string of the molecule is CC1=C2CCCC[C@@]2(C)[C@H](O)CC1=O. The molecule has 1 saturated carbocycles. The Morgan fingerprint density at radius 3 is 2.86 bits per heavy atom. The predicted molar refractivity (Wildman–Crippen MR) is 54.9 cm³/mol. The Labute approximate surface area is 85.0 Å². The topological polar surface area (TPSA) is 37.3 Å². The van der Waals surface area contributed by atoms with Crippen molar-refractivity contribution < 1.29 is 9.90 Å². The van der Waals surface area contributed by atoms with E-state index in [0.717, 1.165) is 18.4 Å². The van der Waals surface area contributed by atoms with Crippen molar-refractivity contribution in [1.82, 2.24) is 0 Å². The summed E-state index contributed by atoms with van der Waals surface area (Å²) in [5.74, 6) is 0.145. The standard InChI is InChI=1S/C12H18O2/c1-8-9-5-3-4-6-12(9,2)11(14)7-10(8)13/h11,14H,3-7H2,1-2H3/t11-,12-/m1/s1. The van der Waals surface area contributed by atoms with Gasteiger partial charge in [0.1, 0.15) is 0 Å². The Hall–Kier alpha value is -0.630. The van der Waals surface area contributed by atoms with Crippen molar-refractivity contribution >= 4 is 5.78 Å². The van der Waals surface area contributed by atoms with E-state index in [0.29, 0.717) is 6.42 Å². The first-order valence-corrected chi connectivity index (χ1v) is 5.47. The quantitative estimate of drug-likeness (QED) is 0.642. The van der Waals surface area contributed by atoms with Gasteiger partial charge in [0.05, 0.1) is 6.10 Å². The van der Waals surface area contributed by atoms with Gasteiger partial charge in [-0.05, 0) is 31.8 Å². The lowest BCUT2D eigenvalue weighted by Crippen LogP contribution is -2.42. The summed E-state index contributed by atoms with van der Waals surface area (Å²) < 4.78 is 0. The number of hydrogen-bond donors (Lipinski definition) is 1. The fraction of sp³-hybridized carbons (Fsp3) is 0.750. The lowest BCUT2D eigenvalue weighted by molar-refractivity contribution is -0.121. The van der Waals surface area contributed by atoms with Gasteiger partial charge >= 0.3 is 0 Å². The third kappa shape index (κ3) is 1.24. The Balaban J connectivity index is 2.46. The largest absolute Gasteiger partial charge is 0.392 e. The van der Waals surface area contributed by atoms with Crippen LogP contribution in [0.3, 0.4) is 0 Å². The maximum absolute atomic E-state index is 11.6. The highest BCUT2D eigenvalue weighted by Gasteiger charge is 2.43. The summed E-state index contributed by atoms with van der Waals surface area (Å²) in [6, 6.07) is 0. The smallest absolute Gasteiger partial charge is 0.161 e. The minimum Gasteiger partial charge on any atom is -0.392 e. The molecule has 0 spiro atoms. The van der Waals surface area contributed by atoms with Crippen molar-refractivity contribution in [3.8, 4) is 0 Å². The van der Waals surface area contributed by atoms with E-state index in [2.05, 4.69) is 6.92 Å². The number of carbonyl (C=O) groups excluding carboxylic acids is 1. The van der Waals surface area contributed by atoms with E-state index in [1.165, 1.54) is 18.4 Å². The second kappa shape index (κ2) is 3.20.